The molecule has 1 heterocycles. The lowest BCUT2D eigenvalue weighted by atomic mass is 9.82. The van der Waals surface area contributed by atoms with Gasteiger partial charge in [0, 0.05) is 22.8 Å². The summed E-state index contributed by atoms with van der Waals surface area (Å²) in [7, 11) is 0. The van der Waals surface area contributed by atoms with Gasteiger partial charge in [0.15, 0.2) is 0 Å². The molecule has 1 aromatic rings. The van der Waals surface area contributed by atoms with Gasteiger partial charge in [0.05, 0.1) is 0 Å². The van der Waals surface area contributed by atoms with Gasteiger partial charge in [0.25, 0.3) is 0 Å². The van der Waals surface area contributed by atoms with Gasteiger partial charge < -0.3 is 10.7 Å². The lowest BCUT2D eigenvalue weighted by molar-refractivity contribution is 0.385. The molecule has 12 heavy (non-hydrogen) atoms. The fourth-order valence-corrected chi connectivity index (χ4v) is 2.01. The van der Waals surface area contributed by atoms with E-state index in [-0.39, 0.29) is 11.0 Å². The molecule has 0 unspecified atom stereocenters. The van der Waals surface area contributed by atoms with Gasteiger partial charge in [-0.1, -0.05) is 0 Å². The van der Waals surface area contributed by atoms with Crippen molar-refractivity contribution >= 4 is 0 Å². The summed E-state index contributed by atoms with van der Waals surface area (Å²) in [5, 5.41) is 0. The number of aromatic nitrogens is 1. The van der Waals surface area contributed by atoms with Gasteiger partial charge in [-0.15, -0.1) is 0 Å². The largest absolute Gasteiger partial charge is 0.364 e. The molecule has 0 amide bonds. The van der Waals surface area contributed by atoms with Crippen molar-refractivity contribution in [2.45, 2.75) is 37.6 Å². The van der Waals surface area contributed by atoms with E-state index in [9.17, 15) is 0 Å². The molecule has 1 saturated carbocycles. The van der Waals surface area contributed by atoms with E-state index in [0.717, 1.165) is 0 Å². The van der Waals surface area contributed by atoms with Gasteiger partial charge in [-0.2, -0.15) is 0 Å². The van der Waals surface area contributed by atoms with Crippen LogP contribution in [0.2, 0.25) is 0 Å². The molecule has 1 fully saturated rings. The predicted molar refractivity (Wildman–Crippen MR) is 50.0 cm³/mol. The summed E-state index contributed by atoms with van der Waals surface area (Å²) in [5.41, 5.74) is 7.58. The molecule has 2 heteroatoms. The van der Waals surface area contributed by atoms with Gasteiger partial charge >= 0.3 is 0 Å². The smallest absolute Gasteiger partial charge is 0.0279 e. The summed E-state index contributed by atoms with van der Waals surface area (Å²) in [4.78, 5) is 3.27. The van der Waals surface area contributed by atoms with Crippen LogP contribution >= 0.6 is 0 Å². The Kier molecular flexibility index (Phi) is 1.40. The van der Waals surface area contributed by atoms with E-state index < -0.39 is 0 Å². The Labute approximate surface area is 73.2 Å². The molecule has 1 aliphatic rings. The van der Waals surface area contributed by atoms with Crippen LogP contribution in [0, 0.1) is 0 Å². The van der Waals surface area contributed by atoms with Crippen molar-refractivity contribution in [3.05, 3.63) is 24.0 Å². The van der Waals surface area contributed by atoms with Crippen molar-refractivity contribution in [1.29, 1.82) is 0 Å². The third-order valence-corrected chi connectivity index (χ3v) is 3.10. The van der Waals surface area contributed by atoms with Crippen LogP contribution < -0.4 is 5.73 Å². The number of H-pyrrole nitrogens is 1. The van der Waals surface area contributed by atoms with Crippen LogP contribution in [-0.4, -0.2) is 10.5 Å². The normalized spacial score (nSPS) is 20.9. The summed E-state index contributed by atoms with van der Waals surface area (Å²) >= 11 is 0. The molecule has 1 aliphatic carbocycles. The third kappa shape index (κ3) is 0.911. The van der Waals surface area contributed by atoms with E-state index in [4.69, 9.17) is 5.73 Å². The minimum Gasteiger partial charge on any atom is -0.364 e. The van der Waals surface area contributed by atoms with Crippen LogP contribution in [0.1, 0.15) is 32.4 Å². The fourth-order valence-electron chi connectivity index (χ4n) is 2.01. The molecule has 0 saturated heterocycles. The highest BCUT2D eigenvalue weighted by atomic mass is 14.9. The van der Waals surface area contributed by atoms with E-state index in [1.165, 1.54) is 18.5 Å². The second kappa shape index (κ2) is 2.13. The molecule has 3 N–H and O–H groups in total. The van der Waals surface area contributed by atoms with Crippen molar-refractivity contribution in [2.24, 2.45) is 5.73 Å². The van der Waals surface area contributed by atoms with Crippen LogP contribution in [0.15, 0.2) is 18.3 Å². The molecule has 2 nitrogen and oxygen atoms in total. The second-order valence-electron chi connectivity index (χ2n) is 4.39. The van der Waals surface area contributed by atoms with Gasteiger partial charge in [-0.05, 0) is 38.8 Å². The van der Waals surface area contributed by atoms with Crippen molar-refractivity contribution in [3.63, 3.8) is 0 Å². The first kappa shape index (κ1) is 7.87. The lowest BCUT2D eigenvalue weighted by Crippen LogP contribution is -2.45. The molecule has 0 aromatic carbocycles. The third-order valence-electron chi connectivity index (χ3n) is 3.10. The molecule has 1 aromatic heterocycles. The first-order valence-electron chi connectivity index (χ1n) is 4.49. The van der Waals surface area contributed by atoms with E-state index in [0.29, 0.717) is 0 Å². The Morgan fingerprint density at radius 2 is 2.17 bits per heavy atom. The molecule has 0 atom stereocenters. The number of aromatic amines is 1. The Hall–Kier alpha value is -0.760. The van der Waals surface area contributed by atoms with Crippen molar-refractivity contribution in [2.75, 3.05) is 0 Å². The minimum atomic E-state index is -0.0994. The molecule has 0 radical (unpaired) electrons. The van der Waals surface area contributed by atoms with Crippen molar-refractivity contribution in [1.82, 2.24) is 4.98 Å². The number of hydrogen-bond donors (Lipinski definition) is 2. The Morgan fingerprint density at radius 3 is 2.50 bits per heavy atom. The molecular formula is C10H16N2. The molecular weight excluding hydrogens is 148 g/mol. The average Bonchev–Trinajstić information content (AvgIpc) is 2.61. The quantitative estimate of drug-likeness (QED) is 0.687. The molecule has 0 aliphatic heterocycles. The Balaban J connectivity index is 2.35. The van der Waals surface area contributed by atoms with Gasteiger partial charge in [0.1, 0.15) is 0 Å². The minimum absolute atomic E-state index is 0.0994. The summed E-state index contributed by atoms with van der Waals surface area (Å²) in [6.45, 7) is 4.22. The molecule has 66 valence electrons. The predicted octanol–water partition coefficient (Wildman–Crippen LogP) is 1.78. The van der Waals surface area contributed by atoms with E-state index in [1.807, 2.05) is 12.3 Å². The standard InChI is InChI=1S/C10H16N2/c1-9(2,11)10(5-6-10)8-4-3-7-12-8/h3-4,7,12H,5-6,11H2,1-2H3. The zero-order valence-corrected chi connectivity index (χ0v) is 7.72. The van der Waals surface area contributed by atoms with Gasteiger partial charge in [-0.25, -0.2) is 0 Å². The first-order valence-corrected chi connectivity index (χ1v) is 4.49. The van der Waals surface area contributed by atoms with E-state index >= 15 is 0 Å². The van der Waals surface area contributed by atoms with Crippen LogP contribution in [0.3, 0.4) is 0 Å². The van der Waals surface area contributed by atoms with E-state index in [2.05, 4.69) is 24.9 Å². The second-order valence-corrected chi connectivity index (χ2v) is 4.39. The summed E-state index contributed by atoms with van der Waals surface area (Å²) in [5.74, 6) is 0. The topological polar surface area (TPSA) is 41.8 Å². The van der Waals surface area contributed by atoms with Gasteiger partial charge in [-0.3, -0.25) is 0 Å². The van der Waals surface area contributed by atoms with Gasteiger partial charge in [0.2, 0.25) is 0 Å². The van der Waals surface area contributed by atoms with Crippen LogP contribution in [0.4, 0.5) is 0 Å². The molecule has 0 spiro atoms. The average molecular weight is 164 g/mol. The zero-order valence-electron chi connectivity index (χ0n) is 7.72. The number of rotatable bonds is 2. The molecule has 0 bridgehead atoms. The van der Waals surface area contributed by atoms with Crippen LogP contribution in [0.5, 0.6) is 0 Å². The van der Waals surface area contributed by atoms with Crippen molar-refractivity contribution in [3.8, 4) is 0 Å². The van der Waals surface area contributed by atoms with E-state index in [1.54, 1.807) is 0 Å². The summed E-state index contributed by atoms with van der Waals surface area (Å²) in [6, 6.07) is 4.18. The maximum atomic E-state index is 6.15. The van der Waals surface area contributed by atoms with Crippen LogP contribution in [-0.2, 0) is 5.41 Å². The van der Waals surface area contributed by atoms with Crippen molar-refractivity contribution < 1.29 is 0 Å². The fraction of sp³-hybridized carbons (Fsp3) is 0.600. The molecule has 2 rings (SSSR count). The Bertz CT molecular complexity index is 263. The number of nitrogens with one attached hydrogen (secondary N) is 1. The highest BCUT2D eigenvalue weighted by Gasteiger charge is 2.54. The highest BCUT2D eigenvalue weighted by molar-refractivity contribution is 5.31. The SMILES string of the molecule is CC(C)(N)C1(c2ccc[nH]2)CC1. The zero-order chi connectivity index (χ0) is 8.82. The highest BCUT2D eigenvalue weighted by Crippen LogP contribution is 2.53. The number of hydrogen-bond acceptors (Lipinski definition) is 1. The number of nitrogens with two attached hydrogens (primary N) is 1. The monoisotopic (exact) mass is 164 g/mol. The maximum absolute atomic E-state index is 6.15. The summed E-state index contributed by atoms with van der Waals surface area (Å²) < 4.78 is 0. The Morgan fingerprint density at radius 1 is 1.50 bits per heavy atom. The van der Waals surface area contributed by atoms with Crippen LogP contribution in [0.25, 0.3) is 0 Å². The summed E-state index contributed by atoms with van der Waals surface area (Å²) in [6.07, 6.45) is 4.41. The maximum Gasteiger partial charge on any atom is 0.0279 e. The lowest BCUT2D eigenvalue weighted by Gasteiger charge is -2.29. The first-order chi connectivity index (χ1) is 5.56.